The lowest BCUT2D eigenvalue weighted by atomic mass is 10.1. The van der Waals surface area contributed by atoms with Crippen LogP contribution in [-0.2, 0) is 11.2 Å². The standard InChI is InChI=1S/C13H12FNO3/c1-3-7-6-8-4-5-9(13(17)18-2)10(14)11(8)15-12(7)16/h4-6H,3H2,1-2H3,(H,15,16). The SMILES string of the molecule is CCc1cc2ccc(C(=O)OC)c(F)c2[nH]c1=O. The van der Waals surface area contributed by atoms with E-state index in [0.717, 1.165) is 0 Å². The van der Waals surface area contributed by atoms with Crippen molar-refractivity contribution in [1.29, 1.82) is 0 Å². The molecular formula is C13H12FNO3. The number of aryl methyl sites for hydroxylation is 1. The van der Waals surface area contributed by atoms with E-state index in [1.54, 1.807) is 12.1 Å². The van der Waals surface area contributed by atoms with Crippen LogP contribution in [0.4, 0.5) is 4.39 Å². The second-order valence-electron chi connectivity index (χ2n) is 3.86. The molecule has 0 bridgehead atoms. The van der Waals surface area contributed by atoms with E-state index in [0.29, 0.717) is 17.4 Å². The highest BCUT2D eigenvalue weighted by Crippen LogP contribution is 2.19. The van der Waals surface area contributed by atoms with Crippen molar-refractivity contribution in [2.75, 3.05) is 7.11 Å². The Bertz CT molecular complexity index is 676. The van der Waals surface area contributed by atoms with Crippen molar-refractivity contribution in [3.05, 3.63) is 45.5 Å². The van der Waals surface area contributed by atoms with Gasteiger partial charge in [-0.25, -0.2) is 9.18 Å². The molecule has 0 aliphatic carbocycles. The molecule has 1 N–H and O–H groups in total. The Kier molecular flexibility index (Phi) is 3.14. The summed E-state index contributed by atoms with van der Waals surface area (Å²) >= 11 is 0. The van der Waals surface area contributed by atoms with Gasteiger partial charge in [0, 0.05) is 10.9 Å². The number of hydrogen-bond acceptors (Lipinski definition) is 3. The molecule has 2 rings (SSSR count). The van der Waals surface area contributed by atoms with Gasteiger partial charge in [0.1, 0.15) is 0 Å². The van der Waals surface area contributed by atoms with E-state index in [1.165, 1.54) is 13.2 Å². The molecule has 0 radical (unpaired) electrons. The molecule has 18 heavy (non-hydrogen) atoms. The summed E-state index contributed by atoms with van der Waals surface area (Å²) in [7, 11) is 1.18. The second-order valence-corrected chi connectivity index (χ2v) is 3.86. The van der Waals surface area contributed by atoms with Gasteiger partial charge >= 0.3 is 5.97 Å². The number of esters is 1. The zero-order valence-electron chi connectivity index (χ0n) is 10.0. The lowest BCUT2D eigenvalue weighted by Crippen LogP contribution is -2.13. The maximum atomic E-state index is 14.1. The molecule has 1 aromatic carbocycles. The number of hydrogen-bond donors (Lipinski definition) is 1. The van der Waals surface area contributed by atoms with Crippen molar-refractivity contribution < 1.29 is 13.9 Å². The molecule has 1 aromatic heterocycles. The monoisotopic (exact) mass is 249 g/mol. The average molecular weight is 249 g/mol. The lowest BCUT2D eigenvalue weighted by molar-refractivity contribution is 0.0596. The van der Waals surface area contributed by atoms with Crippen molar-refractivity contribution in [2.24, 2.45) is 0 Å². The Morgan fingerprint density at radius 1 is 1.44 bits per heavy atom. The number of pyridine rings is 1. The quantitative estimate of drug-likeness (QED) is 0.828. The zero-order chi connectivity index (χ0) is 13.3. The minimum Gasteiger partial charge on any atom is -0.465 e. The first-order chi connectivity index (χ1) is 8.58. The van der Waals surface area contributed by atoms with E-state index < -0.39 is 11.8 Å². The summed E-state index contributed by atoms with van der Waals surface area (Å²) in [6.07, 6.45) is 0.561. The van der Waals surface area contributed by atoms with Crippen LogP contribution in [0.1, 0.15) is 22.8 Å². The van der Waals surface area contributed by atoms with E-state index in [2.05, 4.69) is 9.72 Å². The number of carbonyl (C=O) groups is 1. The van der Waals surface area contributed by atoms with Gasteiger partial charge in [-0.3, -0.25) is 4.79 Å². The third kappa shape index (κ3) is 1.88. The fraction of sp³-hybridized carbons (Fsp3) is 0.231. The molecule has 1 heterocycles. The Morgan fingerprint density at radius 3 is 2.78 bits per heavy atom. The topological polar surface area (TPSA) is 59.2 Å². The van der Waals surface area contributed by atoms with Crippen molar-refractivity contribution in [3.8, 4) is 0 Å². The number of halogens is 1. The van der Waals surface area contributed by atoms with Crippen molar-refractivity contribution in [2.45, 2.75) is 13.3 Å². The summed E-state index contributed by atoms with van der Waals surface area (Å²) in [5.41, 5.74) is 0.0728. The highest BCUT2D eigenvalue weighted by Gasteiger charge is 2.16. The van der Waals surface area contributed by atoms with Crippen LogP contribution in [0.15, 0.2) is 23.0 Å². The van der Waals surface area contributed by atoms with Crippen LogP contribution < -0.4 is 5.56 Å². The van der Waals surface area contributed by atoms with Gasteiger partial charge < -0.3 is 9.72 Å². The van der Waals surface area contributed by atoms with Crippen LogP contribution in [0, 0.1) is 5.82 Å². The predicted molar refractivity (Wildman–Crippen MR) is 65.2 cm³/mol. The number of aromatic nitrogens is 1. The van der Waals surface area contributed by atoms with Crippen LogP contribution in [0.2, 0.25) is 0 Å². The number of rotatable bonds is 2. The van der Waals surface area contributed by atoms with E-state index in [9.17, 15) is 14.0 Å². The molecule has 0 saturated carbocycles. The molecule has 0 aliphatic heterocycles. The van der Waals surface area contributed by atoms with Crippen LogP contribution in [0.25, 0.3) is 10.9 Å². The van der Waals surface area contributed by atoms with E-state index >= 15 is 0 Å². The minimum absolute atomic E-state index is 0.0279. The summed E-state index contributed by atoms with van der Waals surface area (Å²) < 4.78 is 18.5. The highest BCUT2D eigenvalue weighted by molar-refractivity contribution is 5.94. The first-order valence-electron chi connectivity index (χ1n) is 5.51. The van der Waals surface area contributed by atoms with Gasteiger partial charge in [0.05, 0.1) is 18.2 Å². The number of aromatic amines is 1. The van der Waals surface area contributed by atoms with Gasteiger partial charge in [0.25, 0.3) is 5.56 Å². The Balaban J connectivity index is 2.75. The molecule has 94 valence electrons. The Labute approximate surface area is 102 Å². The van der Waals surface area contributed by atoms with Gasteiger partial charge in [-0.15, -0.1) is 0 Å². The smallest absolute Gasteiger partial charge is 0.340 e. The van der Waals surface area contributed by atoms with E-state index in [-0.39, 0.29) is 16.6 Å². The fourth-order valence-corrected chi connectivity index (χ4v) is 1.82. The molecule has 0 atom stereocenters. The van der Waals surface area contributed by atoms with Gasteiger partial charge in [0.15, 0.2) is 5.82 Å². The number of ether oxygens (including phenoxy) is 1. The molecule has 0 spiro atoms. The summed E-state index contributed by atoms with van der Waals surface area (Å²) in [5, 5.41) is 0.552. The minimum atomic E-state index is -0.769. The predicted octanol–water partition coefficient (Wildman–Crippen LogP) is 2.02. The second kappa shape index (κ2) is 4.60. The fourth-order valence-electron chi connectivity index (χ4n) is 1.82. The summed E-state index contributed by atoms with van der Waals surface area (Å²) in [4.78, 5) is 25.4. The average Bonchev–Trinajstić information content (AvgIpc) is 2.38. The lowest BCUT2D eigenvalue weighted by Gasteiger charge is -2.06. The van der Waals surface area contributed by atoms with Crippen LogP contribution in [0.5, 0.6) is 0 Å². The number of carbonyl (C=O) groups excluding carboxylic acids is 1. The maximum absolute atomic E-state index is 14.1. The molecule has 2 aromatic rings. The zero-order valence-corrected chi connectivity index (χ0v) is 10.0. The van der Waals surface area contributed by atoms with Gasteiger partial charge in [-0.2, -0.15) is 0 Å². The molecule has 5 heteroatoms. The molecule has 0 fully saturated rings. The van der Waals surface area contributed by atoms with Crippen molar-refractivity contribution in [3.63, 3.8) is 0 Å². The molecule has 0 aliphatic rings. The first kappa shape index (κ1) is 12.3. The Morgan fingerprint density at radius 2 is 2.17 bits per heavy atom. The normalized spacial score (nSPS) is 10.6. The molecular weight excluding hydrogens is 237 g/mol. The van der Waals surface area contributed by atoms with E-state index in [4.69, 9.17) is 0 Å². The summed E-state index contributed by atoms with van der Waals surface area (Å²) in [5.74, 6) is -1.53. The third-order valence-electron chi connectivity index (χ3n) is 2.82. The number of methoxy groups -OCH3 is 1. The first-order valence-corrected chi connectivity index (χ1v) is 5.51. The highest BCUT2D eigenvalue weighted by atomic mass is 19.1. The van der Waals surface area contributed by atoms with Crippen molar-refractivity contribution in [1.82, 2.24) is 4.98 Å². The van der Waals surface area contributed by atoms with E-state index in [1.807, 2.05) is 6.92 Å². The summed E-state index contributed by atoms with van der Waals surface area (Å²) in [6, 6.07) is 4.55. The van der Waals surface area contributed by atoms with Crippen molar-refractivity contribution >= 4 is 16.9 Å². The van der Waals surface area contributed by atoms with Gasteiger partial charge in [-0.05, 0) is 18.6 Å². The number of fused-ring (bicyclic) bond motifs is 1. The number of H-pyrrole nitrogens is 1. The third-order valence-corrected chi connectivity index (χ3v) is 2.82. The van der Waals surface area contributed by atoms with Crippen LogP contribution in [0.3, 0.4) is 0 Å². The molecule has 0 saturated heterocycles. The van der Waals surface area contributed by atoms with Gasteiger partial charge in [0.2, 0.25) is 0 Å². The largest absolute Gasteiger partial charge is 0.465 e. The Hall–Kier alpha value is -2.17. The summed E-state index contributed by atoms with van der Waals surface area (Å²) in [6.45, 7) is 1.84. The molecule has 0 unspecified atom stereocenters. The van der Waals surface area contributed by atoms with Crippen LogP contribution >= 0.6 is 0 Å². The molecule has 0 amide bonds. The number of benzene rings is 1. The number of nitrogens with one attached hydrogen (secondary N) is 1. The van der Waals surface area contributed by atoms with Crippen LogP contribution in [-0.4, -0.2) is 18.1 Å². The maximum Gasteiger partial charge on any atom is 0.340 e. The van der Waals surface area contributed by atoms with Gasteiger partial charge in [-0.1, -0.05) is 13.0 Å². The molecule has 4 nitrogen and oxygen atoms in total.